The number of hydrogen-bond donors (Lipinski definition) is 1. The zero-order valence-corrected chi connectivity index (χ0v) is 16.4. The van der Waals surface area contributed by atoms with Gasteiger partial charge in [0, 0.05) is 31.5 Å². The Morgan fingerprint density at radius 1 is 1.21 bits per heavy atom. The Labute approximate surface area is 165 Å². The monoisotopic (exact) mass is 384 g/mol. The summed E-state index contributed by atoms with van der Waals surface area (Å²) in [5.74, 6) is -0.0160. The molecule has 2 aromatic rings. The van der Waals surface area contributed by atoms with Crippen molar-refractivity contribution in [2.24, 2.45) is 7.05 Å². The highest BCUT2D eigenvalue weighted by Gasteiger charge is 2.31. The molecule has 150 valence electrons. The molecular weight excluding hydrogens is 356 g/mol. The van der Waals surface area contributed by atoms with Crippen molar-refractivity contribution in [3.63, 3.8) is 0 Å². The van der Waals surface area contributed by atoms with Crippen LogP contribution >= 0.6 is 0 Å². The van der Waals surface area contributed by atoms with E-state index in [2.05, 4.69) is 15.3 Å². The van der Waals surface area contributed by atoms with Crippen molar-refractivity contribution in [3.8, 4) is 5.75 Å². The highest BCUT2D eigenvalue weighted by molar-refractivity contribution is 6.02. The summed E-state index contributed by atoms with van der Waals surface area (Å²) < 4.78 is 7.75. The lowest BCUT2D eigenvalue weighted by Crippen LogP contribution is -2.39. The van der Waals surface area contributed by atoms with Crippen LogP contribution in [0.2, 0.25) is 0 Å². The van der Waals surface area contributed by atoms with Crippen LogP contribution in [0.1, 0.15) is 50.1 Å². The van der Waals surface area contributed by atoms with Gasteiger partial charge in [-0.15, -0.1) is 0 Å². The molecule has 1 unspecified atom stereocenters. The van der Waals surface area contributed by atoms with Gasteiger partial charge in [-0.25, -0.2) is 0 Å². The molecule has 1 aromatic carbocycles. The van der Waals surface area contributed by atoms with Crippen molar-refractivity contribution in [2.45, 2.75) is 44.4 Å². The topological polar surface area (TPSA) is 76.5 Å². The minimum Gasteiger partial charge on any atom is -0.493 e. The molecule has 2 aliphatic rings. The van der Waals surface area contributed by atoms with Gasteiger partial charge in [-0.2, -0.15) is 5.10 Å². The summed E-state index contributed by atoms with van der Waals surface area (Å²) in [5, 5.41) is 7.93. The summed E-state index contributed by atoms with van der Waals surface area (Å²) in [6.07, 6.45) is 5.86. The average molecular weight is 384 g/mol. The van der Waals surface area contributed by atoms with Crippen LogP contribution in [0.15, 0.2) is 18.2 Å². The number of rotatable bonds is 6. The lowest BCUT2D eigenvalue weighted by molar-refractivity contribution is -0.134. The smallest absolute Gasteiger partial charge is 0.235 e. The van der Waals surface area contributed by atoms with Gasteiger partial charge in [0.25, 0.3) is 0 Å². The largest absolute Gasteiger partial charge is 0.493 e. The van der Waals surface area contributed by atoms with Gasteiger partial charge >= 0.3 is 0 Å². The van der Waals surface area contributed by atoms with Crippen LogP contribution in [0.4, 0.5) is 0 Å². The molecular formula is C21H28N4O3. The molecule has 2 saturated heterocycles. The zero-order chi connectivity index (χ0) is 19.5. The zero-order valence-electron chi connectivity index (χ0n) is 16.4. The number of likely N-dealkylation sites (tertiary alicyclic amines) is 1. The predicted octanol–water partition coefficient (Wildman–Crippen LogP) is 2.35. The number of aryl methyl sites for hydroxylation is 1. The summed E-state index contributed by atoms with van der Waals surface area (Å²) in [5.41, 5.74) is 1.67. The molecule has 0 radical (unpaired) electrons. The number of amides is 2. The number of carbonyl (C=O) groups is 2. The Kier molecular flexibility index (Phi) is 5.62. The quantitative estimate of drug-likeness (QED) is 0.611. The van der Waals surface area contributed by atoms with Crippen molar-refractivity contribution in [1.82, 2.24) is 20.0 Å². The number of piperidine rings is 2. The van der Waals surface area contributed by atoms with Gasteiger partial charge in [-0.3, -0.25) is 19.6 Å². The fraction of sp³-hybridized carbons (Fsp3) is 0.571. The molecule has 0 spiro atoms. The van der Waals surface area contributed by atoms with E-state index < -0.39 is 0 Å². The summed E-state index contributed by atoms with van der Waals surface area (Å²) in [7, 11) is 1.87. The molecule has 0 aliphatic carbocycles. The highest BCUT2D eigenvalue weighted by atomic mass is 16.5. The molecule has 7 nitrogen and oxygen atoms in total. The van der Waals surface area contributed by atoms with Gasteiger partial charge < -0.3 is 9.64 Å². The van der Waals surface area contributed by atoms with Crippen molar-refractivity contribution in [3.05, 3.63) is 23.9 Å². The Hall–Kier alpha value is -2.41. The van der Waals surface area contributed by atoms with E-state index in [0.29, 0.717) is 19.4 Å². The minimum absolute atomic E-state index is 0.207. The molecule has 3 heterocycles. The number of aromatic nitrogens is 2. The van der Waals surface area contributed by atoms with Gasteiger partial charge in [0.2, 0.25) is 11.8 Å². The molecule has 2 fully saturated rings. The second-order valence-electron chi connectivity index (χ2n) is 7.80. The molecule has 1 atom stereocenters. The Morgan fingerprint density at radius 3 is 2.82 bits per heavy atom. The second kappa shape index (κ2) is 8.31. The lowest BCUT2D eigenvalue weighted by atomic mass is 9.93. The van der Waals surface area contributed by atoms with Crippen molar-refractivity contribution in [1.29, 1.82) is 0 Å². The number of benzene rings is 1. The van der Waals surface area contributed by atoms with Gasteiger partial charge in [-0.05, 0) is 50.9 Å². The first kappa shape index (κ1) is 18.9. The normalized spacial score (nSPS) is 21.1. The Bertz CT molecular complexity index is 870. The fourth-order valence-electron chi connectivity index (χ4n) is 4.23. The molecule has 0 saturated carbocycles. The molecule has 0 bridgehead atoms. The van der Waals surface area contributed by atoms with Crippen molar-refractivity contribution >= 4 is 22.7 Å². The maximum absolute atomic E-state index is 12.2. The summed E-state index contributed by atoms with van der Waals surface area (Å²) >= 11 is 0. The van der Waals surface area contributed by atoms with Crippen molar-refractivity contribution in [2.75, 3.05) is 26.2 Å². The third-order valence-electron chi connectivity index (χ3n) is 5.76. The van der Waals surface area contributed by atoms with Crippen LogP contribution in [0.25, 0.3) is 10.9 Å². The van der Waals surface area contributed by atoms with Gasteiger partial charge in [-0.1, -0.05) is 6.42 Å². The van der Waals surface area contributed by atoms with E-state index in [1.807, 2.05) is 25.2 Å². The average Bonchev–Trinajstić information content (AvgIpc) is 3.02. The molecule has 4 rings (SSSR count). The van der Waals surface area contributed by atoms with Crippen LogP contribution < -0.4 is 10.1 Å². The molecule has 1 N–H and O–H groups in total. The first-order valence-electron chi connectivity index (χ1n) is 10.3. The lowest BCUT2D eigenvalue weighted by Gasteiger charge is -2.26. The van der Waals surface area contributed by atoms with E-state index in [-0.39, 0.29) is 17.7 Å². The maximum Gasteiger partial charge on any atom is 0.235 e. The van der Waals surface area contributed by atoms with Crippen molar-refractivity contribution < 1.29 is 14.3 Å². The third kappa shape index (κ3) is 4.04. The van der Waals surface area contributed by atoms with E-state index in [1.54, 1.807) is 4.68 Å². The SMILES string of the molecule is Cn1nc(C2CCC(=O)NC2=O)c2ccc(OCCCN3CCCCC3)cc21. The van der Waals surface area contributed by atoms with Crippen LogP contribution in [-0.4, -0.2) is 52.7 Å². The molecule has 2 aliphatic heterocycles. The van der Waals surface area contributed by atoms with Gasteiger partial charge in [0.05, 0.1) is 23.7 Å². The summed E-state index contributed by atoms with van der Waals surface area (Å²) in [6, 6.07) is 5.90. The standard InChI is InChI=1S/C21H28N4O3/c1-24-18-14-15(28-13-5-12-25-10-3-2-4-11-25)6-7-16(18)20(23-24)17-8-9-19(26)22-21(17)27/h6-7,14,17H,2-5,8-13H2,1H3,(H,22,26,27). The third-order valence-corrected chi connectivity index (χ3v) is 5.76. The van der Waals surface area contributed by atoms with E-state index >= 15 is 0 Å². The number of fused-ring (bicyclic) bond motifs is 1. The van der Waals surface area contributed by atoms with E-state index in [1.165, 1.54) is 32.4 Å². The first-order valence-corrected chi connectivity index (χ1v) is 10.3. The van der Waals surface area contributed by atoms with E-state index in [4.69, 9.17) is 4.74 Å². The second-order valence-corrected chi connectivity index (χ2v) is 7.80. The van der Waals surface area contributed by atoms with Crippen LogP contribution in [0.5, 0.6) is 5.75 Å². The predicted molar refractivity (Wildman–Crippen MR) is 106 cm³/mol. The van der Waals surface area contributed by atoms with Crippen LogP contribution in [0, 0.1) is 0 Å². The number of imide groups is 1. The summed E-state index contributed by atoms with van der Waals surface area (Å²) in [6.45, 7) is 4.21. The van der Waals surface area contributed by atoms with Gasteiger partial charge in [0.1, 0.15) is 5.75 Å². The fourth-order valence-corrected chi connectivity index (χ4v) is 4.23. The summed E-state index contributed by atoms with van der Waals surface area (Å²) in [4.78, 5) is 26.2. The number of carbonyl (C=O) groups excluding carboxylic acids is 2. The maximum atomic E-state index is 12.2. The van der Waals surface area contributed by atoms with Crippen LogP contribution in [-0.2, 0) is 16.6 Å². The van der Waals surface area contributed by atoms with Gasteiger partial charge in [0.15, 0.2) is 0 Å². The molecule has 2 amide bonds. The first-order chi connectivity index (χ1) is 13.6. The molecule has 7 heteroatoms. The number of hydrogen-bond acceptors (Lipinski definition) is 5. The molecule has 28 heavy (non-hydrogen) atoms. The number of nitrogens with one attached hydrogen (secondary N) is 1. The molecule has 1 aromatic heterocycles. The van der Waals surface area contributed by atoms with E-state index in [0.717, 1.165) is 35.3 Å². The van der Waals surface area contributed by atoms with Crippen LogP contribution in [0.3, 0.4) is 0 Å². The van der Waals surface area contributed by atoms with E-state index in [9.17, 15) is 9.59 Å². The minimum atomic E-state index is -0.377. The number of ether oxygens (including phenoxy) is 1. The Morgan fingerprint density at radius 2 is 2.04 bits per heavy atom. The number of nitrogens with zero attached hydrogens (tertiary/aromatic N) is 3. The highest BCUT2D eigenvalue weighted by Crippen LogP contribution is 2.31. The Balaban J connectivity index is 1.41.